The van der Waals surface area contributed by atoms with E-state index >= 15 is 0 Å². The molecule has 2 fully saturated rings. The van der Waals surface area contributed by atoms with Gasteiger partial charge in [0.05, 0.1) is 12.0 Å². The Hall–Kier alpha value is -2.66. The lowest BCUT2D eigenvalue weighted by Gasteiger charge is -2.47. The van der Waals surface area contributed by atoms with Crippen LogP contribution in [-0.4, -0.2) is 65.3 Å². The van der Waals surface area contributed by atoms with Crippen LogP contribution in [0.4, 0.5) is 0 Å². The van der Waals surface area contributed by atoms with Gasteiger partial charge in [0, 0.05) is 44.3 Å². The Morgan fingerprint density at radius 1 is 0.788 bits per heavy atom. The number of amides is 2. The van der Waals surface area contributed by atoms with Gasteiger partial charge in [-0.1, -0.05) is 61.7 Å². The van der Waals surface area contributed by atoms with Crippen LogP contribution < -0.4 is 0 Å². The summed E-state index contributed by atoms with van der Waals surface area (Å²) in [5.41, 5.74) is 4.02. The molecular weight excluding hydrogens is 410 g/mol. The Labute approximate surface area is 196 Å². The molecule has 2 atom stereocenters. The average Bonchev–Trinajstić information content (AvgIpc) is 2.89. The predicted molar refractivity (Wildman–Crippen MR) is 128 cm³/mol. The normalized spacial score (nSPS) is 25.9. The van der Waals surface area contributed by atoms with Crippen molar-refractivity contribution in [3.63, 3.8) is 0 Å². The van der Waals surface area contributed by atoms with Gasteiger partial charge in [-0.25, -0.2) is 0 Å². The molecule has 2 amide bonds. The first-order valence-corrected chi connectivity index (χ1v) is 12.7. The van der Waals surface area contributed by atoms with E-state index in [0.29, 0.717) is 18.2 Å². The minimum absolute atomic E-state index is 0.0660. The minimum Gasteiger partial charge on any atom is -0.340 e. The molecular formula is C28H33N3O2. The second-order valence-corrected chi connectivity index (χ2v) is 10.1. The fourth-order valence-corrected chi connectivity index (χ4v) is 6.69. The third-order valence-corrected chi connectivity index (χ3v) is 8.42. The first kappa shape index (κ1) is 20.9. The molecule has 172 valence electrons. The Bertz CT molecular complexity index is 1050. The molecule has 0 aromatic heterocycles. The van der Waals surface area contributed by atoms with Crippen molar-refractivity contribution >= 4 is 11.8 Å². The van der Waals surface area contributed by atoms with Crippen molar-refractivity contribution < 1.29 is 9.59 Å². The van der Waals surface area contributed by atoms with Crippen LogP contribution in [0.15, 0.2) is 48.5 Å². The number of carbonyl (C=O) groups excluding carboxylic acids is 2. The van der Waals surface area contributed by atoms with Gasteiger partial charge in [0.15, 0.2) is 0 Å². The molecule has 0 N–H and O–H groups in total. The van der Waals surface area contributed by atoms with Crippen molar-refractivity contribution in [2.24, 2.45) is 0 Å². The van der Waals surface area contributed by atoms with Crippen LogP contribution in [0.2, 0.25) is 0 Å². The summed E-state index contributed by atoms with van der Waals surface area (Å²) in [6, 6.07) is 16.7. The van der Waals surface area contributed by atoms with Gasteiger partial charge in [0.1, 0.15) is 0 Å². The summed E-state index contributed by atoms with van der Waals surface area (Å²) in [6.07, 6.45) is 7.51. The molecule has 1 aliphatic carbocycles. The topological polar surface area (TPSA) is 43.9 Å². The Morgan fingerprint density at radius 3 is 2.27 bits per heavy atom. The van der Waals surface area contributed by atoms with Gasteiger partial charge in [-0.15, -0.1) is 0 Å². The second kappa shape index (κ2) is 8.60. The summed E-state index contributed by atoms with van der Waals surface area (Å²) in [5, 5.41) is 0. The van der Waals surface area contributed by atoms with Gasteiger partial charge in [0.2, 0.25) is 5.91 Å². The lowest BCUT2D eigenvalue weighted by atomic mass is 9.75. The lowest BCUT2D eigenvalue weighted by molar-refractivity contribution is -0.137. The number of piperazine rings is 1. The number of fused-ring (bicyclic) bond motifs is 4. The molecule has 2 aromatic rings. The maximum atomic E-state index is 14.1. The Balaban J connectivity index is 1.31. The van der Waals surface area contributed by atoms with E-state index in [1.54, 1.807) is 0 Å². The highest BCUT2D eigenvalue weighted by Gasteiger charge is 2.47. The third-order valence-electron chi connectivity index (χ3n) is 8.42. The molecule has 1 saturated carbocycles. The number of rotatable bonds is 2. The van der Waals surface area contributed by atoms with E-state index in [9.17, 15) is 9.59 Å². The van der Waals surface area contributed by atoms with Crippen molar-refractivity contribution in [3.8, 4) is 0 Å². The first-order chi connectivity index (χ1) is 16.2. The van der Waals surface area contributed by atoms with Crippen LogP contribution >= 0.6 is 0 Å². The highest BCUT2D eigenvalue weighted by atomic mass is 16.2. The summed E-state index contributed by atoms with van der Waals surface area (Å²) in [5.74, 6) is -0.0807. The monoisotopic (exact) mass is 443 g/mol. The molecule has 3 aliphatic heterocycles. The second-order valence-electron chi connectivity index (χ2n) is 10.1. The first-order valence-electron chi connectivity index (χ1n) is 12.7. The largest absolute Gasteiger partial charge is 0.340 e. The molecule has 5 heteroatoms. The van der Waals surface area contributed by atoms with Gasteiger partial charge >= 0.3 is 0 Å². The fraction of sp³-hybridized carbons (Fsp3) is 0.500. The highest BCUT2D eigenvalue weighted by Crippen LogP contribution is 2.46. The zero-order valence-corrected chi connectivity index (χ0v) is 19.3. The van der Waals surface area contributed by atoms with E-state index in [1.165, 1.54) is 37.7 Å². The summed E-state index contributed by atoms with van der Waals surface area (Å²) in [6.45, 7) is 4.18. The summed E-state index contributed by atoms with van der Waals surface area (Å²) in [7, 11) is 0. The van der Waals surface area contributed by atoms with Crippen LogP contribution in [0.5, 0.6) is 0 Å². The van der Waals surface area contributed by atoms with Crippen molar-refractivity contribution in [3.05, 3.63) is 70.8 Å². The number of hydrogen-bond acceptors (Lipinski definition) is 3. The molecule has 3 heterocycles. The average molecular weight is 444 g/mol. The van der Waals surface area contributed by atoms with Gasteiger partial charge in [-0.3, -0.25) is 14.5 Å². The zero-order valence-electron chi connectivity index (χ0n) is 19.3. The van der Waals surface area contributed by atoms with Gasteiger partial charge < -0.3 is 9.80 Å². The van der Waals surface area contributed by atoms with E-state index in [1.807, 2.05) is 35.2 Å². The molecule has 5 nitrogen and oxygen atoms in total. The maximum Gasteiger partial charge on any atom is 0.254 e. The SMILES string of the molecule is O=C([C@@H]1c2ccccc2C(=O)N2CCc3ccccc3[C@@H]12)N1CCN(C2CCCCC2)CC1. The quantitative estimate of drug-likeness (QED) is 0.705. The third kappa shape index (κ3) is 3.57. The van der Waals surface area contributed by atoms with Crippen molar-refractivity contribution in [1.82, 2.24) is 14.7 Å². The van der Waals surface area contributed by atoms with E-state index in [0.717, 1.165) is 43.7 Å². The summed E-state index contributed by atoms with van der Waals surface area (Å²) in [4.78, 5) is 34.2. The highest BCUT2D eigenvalue weighted by molar-refractivity contribution is 6.01. The van der Waals surface area contributed by atoms with E-state index in [4.69, 9.17) is 0 Å². The predicted octanol–water partition coefficient (Wildman–Crippen LogP) is 4.00. The van der Waals surface area contributed by atoms with Crippen molar-refractivity contribution in [2.75, 3.05) is 32.7 Å². The molecule has 33 heavy (non-hydrogen) atoms. The molecule has 0 bridgehead atoms. The molecule has 1 saturated heterocycles. The van der Waals surface area contributed by atoms with Gasteiger partial charge in [-0.05, 0) is 42.0 Å². The van der Waals surface area contributed by atoms with Crippen LogP contribution in [0, 0.1) is 0 Å². The zero-order chi connectivity index (χ0) is 22.4. The maximum absolute atomic E-state index is 14.1. The molecule has 0 radical (unpaired) electrons. The molecule has 6 rings (SSSR count). The fourth-order valence-electron chi connectivity index (χ4n) is 6.69. The lowest BCUT2D eigenvalue weighted by Crippen LogP contribution is -2.56. The van der Waals surface area contributed by atoms with Crippen LogP contribution in [-0.2, 0) is 11.2 Å². The van der Waals surface area contributed by atoms with Crippen LogP contribution in [0.3, 0.4) is 0 Å². The van der Waals surface area contributed by atoms with E-state index < -0.39 is 0 Å². The molecule has 0 unspecified atom stereocenters. The summed E-state index contributed by atoms with van der Waals surface area (Å²) < 4.78 is 0. The molecule has 2 aromatic carbocycles. The van der Waals surface area contributed by atoms with Crippen LogP contribution in [0.25, 0.3) is 0 Å². The van der Waals surface area contributed by atoms with Crippen molar-refractivity contribution in [1.29, 1.82) is 0 Å². The number of nitrogens with zero attached hydrogens (tertiary/aromatic N) is 3. The van der Waals surface area contributed by atoms with Gasteiger partial charge in [0.25, 0.3) is 5.91 Å². The number of hydrogen-bond donors (Lipinski definition) is 0. The smallest absolute Gasteiger partial charge is 0.254 e. The number of benzene rings is 2. The van der Waals surface area contributed by atoms with Crippen LogP contribution in [0.1, 0.15) is 71.1 Å². The van der Waals surface area contributed by atoms with Crippen molar-refractivity contribution in [2.45, 2.75) is 56.5 Å². The minimum atomic E-state index is -0.332. The Morgan fingerprint density at radius 2 is 1.48 bits per heavy atom. The summed E-state index contributed by atoms with van der Waals surface area (Å²) >= 11 is 0. The standard InChI is InChI=1S/C28H33N3O2/c32-27-24-13-7-6-12-23(24)25(26-22-11-5-4-8-20(22)14-15-31(26)27)28(33)30-18-16-29(17-19-30)21-9-2-1-3-10-21/h4-8,11-13,21,25-26H,1-3,9-10,14-19H2/t25-,26+/m1/s1. The molecule has 0 spiro atoms. The van der Waals surface area contributed by atoms with Gasteiger partial charge in [-0.2, -0.15) is 0 Å². The van der Waals surface area contributed by atoms with E-state index in [2.05, 4.69) is 28.0 Å². The number of carbonyl (C=O) groups is 2. The molecule has 4 aliphatic rings. The Kier molecular flexibility index (Phi) is 5.45. The van der Waals surface area contributed by atoms with E-state index in [-0.39, 0.29) is 23.8 Å².